The summed E-state index contributed by atoms with van der Waals surface area (Å²) in [6.45, 7) is 0.958. The van der Waals surface area contributed by atoms with Gasteiger partial charge in [0.05, 0.1) is 12.5 Å². The standard InChI is InChI=1S/C30H36FN5O5/c1-33(2)27(37)9-5-4-7-21(18-34(3)30(40)41)28(38)32-25-8-6-14-35(29(25)39)19-24-16-22-15-23(31)12-13-26(22)36(24)17-20-10-11-20/h5-6,8-9,12-16,20-21H,4,7,10-11,17-19H2,1-3H3,(H,32,38)(H,40,41)/b9-5+/t21-/m0/s1. The second-order valence-corrected chi connectivity index (χ2v) is 10.8. The van der Waals surface area contributed by atoms with E-state index in [1.165, 1.54) is 40.8 Å². The molecule has 3 aromatic rings. The number of carbonyl (C=O) groups is 3. The third kappa shape index (κ3) is 7.62. The van der Waals surface area contributed by atoms with Crippen molar-refractivity contribution in [2.45, 2.75) is 38.8 Å². The number of benzene rings is 1. The highest BCUT2D eigenvalue weighted by molar-refractivity contribution is 5.92. The molecule has 2 N–H and O–H groups in total. The van der Waals surface area contributed by atoms with E-state index >= 15 is 0 Å². The number of carboxylic acid groups (broad SMARTS) is 1. The molecule has 0 bridgehead atoms. The van der Waals surface area contributed by atoms with Crippen molar-refractivity contribution in [1.82, 2.24) is 18.9 Å². The van der Waals surface area contributed by atoms with Crippen LogP contribution in [-0.4, -0.2) is 69.6 Å². The Morgan fingerprint density at radius 3 is 2.61 bits per heavy atom. The molecule has 0 unspecified atom stereocenters. The highest BCUT2D eigenvalue weighted by atomic mass is 19.1. The van der Waals surface area contributed by atoms with Crippen LogP contribution in [0.15, 0.2) is 59.5 Å². The second kappa shape index (κ2) is 12.8. The molecule has 4 rings (SSSR count). The number of aromatic nitrogens is 2. The van der Waals surface area contributed by atoms with Gasteiger partial charge in [-0.25, -0.2) is 9.18 Å². The van der Waals surface area contributed by atoms with Gasteiger partial charge in [-0.2, -0.15) is 0 Å². The van der Waals surface area contributed by atoms with Crippen molar-refractivity contribution in [3.8, 4) is 0 Å². The largest absolute Gasteiger partial charge is 0.465 e. The smallest absolute Gasteiger partial charge is 0.407 e. The first-order valence-corrected chi connectivity index (χ1v) is 13.6. The van der Waals surface area contributed by atoms with Gasteiger partial charge in [0.1, 0.15) is 11.5 Å². The first-order valence-electron chi connectivity index (χ1n) is 13.6. The normalized spacial score (nSPS) is 13.9. The average Bonchev–Trinajstić information content (AvgIpc) is 3.68. The van der Waals surface area contributed by atoms with Crippen LogP contribution in [0.1, 0.15) is 31.4 Å². The molecule has 0 spiro atoms. The molecule has 2 aromatic heterocycles. The van der Waals surface area contributed by atoms with E-state index in [0.717, 1.165) is 40.9 Å². The molecule has 0 saturated heterocycles. The van der Waals surface area contributed by atoms with E-state index in [1.54, 1.807) is 38.5 Å². The zero-order valence-corrected chi connectivity index (χ0v) is 23.5. The maximum atomic E-state index is 13.9. The van der Waals surface area contributed by atoms with Crippen LogP contribution in [-0.2, 0) is 22.7 Å². The van der Waals surface area contributed by atoms with Crippen molar-refractivity contribution < 1.29 is 23.9 Å². The monoisotopic (exact) mass is 565 g/mol. The number of anilines is 1. The topological polar surface area (TPSA) is 117 Å². The van der Waals surface area contributed by atoms with Crippen LogP contribution in [0.2, 0.25) is 0 Å². The number of nitrogens with one attached hydrogen (secondary N) is 1. The summed E-state index contributed by atoms with van der Waals surface area (Å²) in [6.07, 6.45) is 6.44. The van der Waals surface area contributed by atoms with E-state index < -0.39 is 23.5 Å². The van der Waals surface area contributed by atoms with Crippen LogP contribution in [0.3, 0.4) is 0 Å². The van der Waals surface area contributed by atoms with Crippen LogP contribution >= 0.6 is 0 Å². The Hall–Kier alpha value is -4.41. The average molecular weight is 566 g/mol. The molecule has 1 fully saturated rings. The van der Waals surface area contributed by atoms with Crippen LogP contribution in [0.5, 0.6) is 0 Å². The fourth-order valence-corrected chi connectivity index (χ4v) is 4.71. The van der Waals surface area contributed by atoms with Gasteiger partial charge in [0.15, 0.2) is 0 Å². The summed E-state index contributed by atoms with van der Waals surface area (Å²) in [7, 11) is 4.63. The molecule has 0 aliphatic heterocycles. The first kappa shape index (κ1) is 29.6. The second-order valence-electron chi connectivity index (χ2n) is 10.8. The Morgan fingerprint density at radius 1 is 1.17 bits per heavy atom. The lowest BCUT2D eigenvalue weighted by Gasteiger charge is -2.21. The van der Waals surface area contributed by atoms with Crippen LogP contribution in [0.4, 0.5) is 14.9 Å². The lowest BCUT2D eigenvalue weighted by atomic mass is 10.0. The number of nitrogens with zero attached hydrogens (tertiary/aromatic N) is 4. The number of pyridine rings is 1. The molecule has 1 atom stereocenters. The Kier molecular flexibility index (Phi) is 9.26. The van der Waals surface area contributed by atoms with E-state index in [9.17, 15) is 28.7 Å². The highest BCUT2D eigenvalue weighted by Crippen LogP contribution is 2.33. The summed E-state index contributed by atoms with van der Waals surface area (Å²) < 4.78 is 17.5. The zero-order chi connectivity index (χ0) is 29.7. The minimum atomic E-state index is -1.18. The predicted octanol–water partition coefficient (Wildman–Crippen LogP) is 3.99. The lowest BCUT2D eigenvalue weighted by Crippen LogP contribution is -2.37. The number of allylic oxidation sites excluding steroid dienone is 1. The highest BCUT2D eigenvalue weighted by Gasteiger charge is 2.25. The van der Waals surface area contributed by atoms with Crippen LogP contribution < -0.4 is 10.9 Å². The number of fused-ring (bicyclic) bond motifs is 1. The molecular formula is C30H36FN5O5. The van der Waals surface area contributed by atoms with Crippen LogP contribution in [0.25, 0.3) is 10.9 Å². The number of hydrogen-bond donors (Lipinski definition) is 2. The van der Waals surface area contributed by atoms with E-state index in [2.05, 4.69) is 9.88 Å². The fraction of sp³-hybridized carbons (Fsp3) is 0.400. The van der Waals surface area contributed by atoms with Gasteiger partial charge in [-0.1, -0.05) is 6.08 Å². The number of halogens is 1. The SMILES string of the molecule is CN(C)C(=O)/C=C/CC[C@@H](CN(C)C(=O)O)C(=O)Nc1cccn(Cc2cc3cc(F)ccc3n2CC2CC2)c1=O. The summed E-state index contributed by atoms with van der Waals surface area (Å²) >= 11 is 0. The van der Waals surface area contributed by atoms with E-state index in [-0.39, 0.29) is 36.9 Å². The quantitative estimate of drug-likeness (QED) is 0.322. The van der Waals surface area contributed by atoms with Crippen molar-refractivity contribution in [2.75, 3.05) is 33.0 Å². The van der Waals surface area contributed by atoms with Gasteiger partial charge >= 0.3 is 6.09 Å². The summed E-state index contributed by atoms with van der Waals surface area (Å²) in [5, 5.41) is 12.8. The summed E-state index contributed by atoms with van der Waals surface area (Å²) in [5.74, 6) is -1.19. The molecule has 0 radical (unpaired) electrons. The fourth-order valence-electron chi connectivity index (χ4n) is 4.71. The molecule has 2 heterocycles. The third-order valence-corrected chi connectivity index (χ3v) is 7.27. The predicted molar refractivity (Wildman–Crippen MR) is 154 cm³/mol. The molecule has 41 heavy (non-hydrogen) atoms. The minimum Gasteiger partial charge on any atom is -0.465 e. The van der Waals surface area contributed by atoms with Gasteiger partial charge < -0.3 is 29.4 Å². The number of likely N-dealkylation sites (N-methyl/N-ethyl adjacent to an activating group) is 1. The van der Waals surface area contributed by atoms with Gasteiger partial charge in [-0.15, -0.1) is 0 Å². The van der Waals surface area contributed by atoms with Crippen LogP contribution in [0, 0.1) is 17.7 Å². The number of amides is 3. The van der Waals surface area contributed by atoms with E-state index in [0.29, 0.717) is 12.3 Å². The summed E-state index contributed by atoms with van der Waals surface area (Å²) in [6, 6.07) is 9.76. The van der Waals surface area contributed by atoms with Crippen molar-refractivity contribution >= 4 is 34.5 Å². The van der Waals surface area contributed by atoms with Crippen molar-refractivity contribution in [3.63, 3.8) is 0 Å². The molecule has 1 aliphatic carbocycles. The van der Waals surface area contributed by atoms with Gasteiger partial charge in [0, 0.05) is 57.0 Å². The maximum absolute atomic E-state index is 13.9. The van der Waals surface area contributed by atoms with Gasteiger partial charge in [-0.05, 0) is 74.1 Å². The zero-order valence-electron chi connectivity index (χ0n) is 23.5. The van der Waals surface area contributed by atoms with E-state index in [4.69, 9.17) is 0 Å². The van der Waals surface area contributed by atoms with Crippen molar-refractivity contribution in [3.05, 3.63) is 76.6 Å². The number of hydrogen-bond acceptors (Lipinski definition) is 4. The lowest BCUT2D eigenvalue weighted by molar-refractivity contribution is -0.123. The molecule has 11 heteroatoms. The van der Waals surface area contributed by atoms with Gasteiger partial charge in [0.2, 0.25) is 11.8 Å². The van der Waals surface area contributed by atoms with E-state index in [1.807, 2.05) is 6.07 Å². The van der Waals surface area contributed by atoms with Gasteiger partial charge in [0.25, 0.3) is 5.56 Å². The molecule has 1 aromatic carbocycles. The van der Waals surface area contributed by atoms with Crippen molar-refractivity contribution in [1.29, 1.82) is 0 Å². The third-order valence-electron chi connectivity index (χ3n) is 7.27. The minimum absolute atomic E-state index is 0.0739. The Labute approximate surface area is 237 Å². The first-order chi connectivity index (χ1) is 19.5. The Balaban J connectivity index is 1.53. The molecule has 1 saturated carbocycles. The molecule has 3 amide bonds. The van der Waals surface area contributed by atoms with Gasteiger partial charge in [-0.3, -0.25) is 14.4 Å². The number of carbonyl (C=O) groups excluding carboxylic acids is 2. The molecule has 218 valence electrons. The molecular weight excluding hydrogens is 529 g/mol. The summed E-state index contributed by atoms with van der Waals surface area (Å²) in [4.78, 5) is 52.3. The maximum Gasteiger partial charge on any atom is 0.407 e. The Bertz CT molecular complexity index is 1520. The van der Waals surface area contributed by atoms with Crippen molar-refractivity contribution in [2.24, 2.45) is 11.8 Å². The Morgan fingerprint density at radius 2 is 1.93 bits per heavy atom. The molecule has 1 aliphatic rings. The number of rotatable bonds is 12. The molecule has 10 nitrogen and oxygen atoms in total. The summed E-state index contributed by atoms with van der Waals surface area (Å²) in [5.41, 5.74) is 1.45.